The third kappa shape index (κ3) is 5.46. The lowest BCUT2D eigenvalue weighted by Crippen LogP contribution is -2.27. The van der Waals surface area contributed by atoms with E-state index in [0.717, 1.165) is 12.1 Å². The van der Waals surface area contributed by atoms with E-state index in [2.05, 4.69) is 16.0 Å². The van der Waals surface area contributed by atoms with Crippen LogP contribution in [0.4, 0.5) is 24.5 Å². The molecule has 4 nitrogen and oxygen atoms in total. The third-order valence-corrected chi connectivity index (χ3v) is 3.44. The molecule has 0 aromatic heterocycles. The highest BCUT2D eigenvalue weighted by atomic mass is 32.1. The third-order valence-electron chi connectivity index (χ3n) is 3.19. The van der Waals surface area contributed by atoms with Gasteiger partial charge in [-0.25, -0.2) is 0 Å². The average Bonchev–Trinajstić information content (AvgIpc) is 2.55. The molecule has 2 aromatic carbocycles. The molecule has 132 valence electrons. The van der Waals surface area contributed by atoms with E-state index in [0.29, 0.717) is 22.9 Å². The van der Waals surface area contributed by atoms with E-state index in [1.165, 1.54) is 12.1 Å². The molecule has 0 heterocycles. The summed E-state index contributed by atoms with van der Waals surface area (Å²) in [4.78, 5) is 12.2. The van der Waals surface area contributed by atoms with Crippen molar-refractivity contribution in [2.24, 2.45) is 0 Å². The van der Waals surface area contributed by atoms with Gasteiger partial charge in [0.25, 0.3) is 5.91 Å². The van der Waals surface area contributed by atoms with Crippen LogP contribution in [-0.4, -0.2) is 17.6 Å². The Balaban J connectivity index is 2.05. The Bertz CT molecular complexity index is 760. The summed E-state index contributed by atoms with van der Waals surface area (Å²) in [6, 6.07) is 10.9. The Hall–Kier alpha value is -2.61. The van der Waals surface area contributed by atoms with Crippen LogP contribution in [0.15, 0.2) is 48.5 Å². The van der Waals surface area contributed by atoms with Crippen LogP contribution in [0.2, 0.25) is 0 Å². The van der Waals surface area contributed by atoms with Crippen LogP contribution in [-0.2, 0) is 6.18 Å². The second-order valence-corrected chi connectivity index (χ2v) is 5.50. The summed E-state index contributed by atoms with van der Waals surface area (Å²) >= 11 is 5.06. The van der Waals surface area contributed by atoms with Crippen molar-refractivity contribution in [1.29, 1.82) is 0 Å². The fourth-order valence-electron chi connectivity index (χ4n) is 2.02. The molecule has 0 aliphatic heterocycles. The zero-order valence-corrected chi connectivity index (χ0v) is 14.1. The lowest BCUT2D eigenvalue weighted by molar-refractivity contribution is -0.137. The molecule has 25 heavy (non-hydrogen) atoms. The van der Waals surface area contributed by atoms with Crippen LogP contribution >= 0.6 is 12.2 Å². The van der Waals surface area contributed by atoms with Gasteiger partial charge in [0.15, 0.2) is 5.11 Å². The number of benzene rings is 2. The minimum atomic E-state index is -4.46. The molecular weight excluding hydrogens is 351 g/mol. The summed E-state index contributed by atoms with van der Waals surface area (Å²) in [5, 5.41) is 8.79. The summed E-state index contributed by atoms with van der Waals surface area (Å²) in [5.41, 5.74) is 0.274. The summed E-state index contributed by atoms with van der Waals surface area (Å²) in [6.07, 6.45) is -4.46. The predicted octanol–water partition coefficient (Wildman–Crippen LogP) is 4.26. The molecule has 8 heteroatoms. The van der Waals surface area contributed by atoms with Crippen LogP contribution in [0.25, 0.3) is 0 Å². The molecule has 1 amide bonds. The van der Waals surface area contributed by atoms with Crippen LogP contribution in [0.3, 0.4) is 0 Å². The van der Waals surface area contributed by atoms with E-state index < -0.39 is 17.6 Å². The molecule has 0 radical (unpaired) electrons. The topological polar surface area (TPSA) is 53.2 Å². The van der Waals surface area contributed by atoms with E-state index >= 15 is 0 Å². The van der Waals surface area contributed by atoms with Crippen molar-refractivity contribution in [3.05, 3.63) is 59.7 Å². The van der Waals surface area contributed by atoms with Crippen molar-refractivity contribution in [3.8, 4) is 0 Å². The highest BCUT2D eigenvalue weighted by Crippen LogP contribution is 2.30. The van der Waals surface area contributed by atoms with Crippen molar-refractivity contribution in [3.63, 3.8) is 0 Å². The van der Waals surface area contributed by atoms with Gasteiger partial charge >= 0.3 is 6.18 Å². The highest BCUT2D eigenvalue weighted by molar-refractivity contribution is 7.80. The quantitative estimate of drug-likeness (QED) is 0.707. The first-order valence-corrected chi connectivity index (χ1v) is 7.84. The maximum Gasteiger partial charge on any atom is 0.416 e. The molecular formula is C17H16F3N3OS. The number of hydrogen-bond donors (Lipinski definition) is 3. The zero-order valence-electron chi connectivity index (χ0n) is 13.3. The van der Waals surface area contributed by atoms with Crippen LogP contribution in [0.1, 0.15) is 22.8 Å². The number of thiocarbonyl (C=S) groups is 1. The first-order valence-electron chi connectivity index (χ1n) is 7.43. The van der Waals surface area contributed by atoms with Crippen molar-refractivity contribution in [2.75, 3.05) is 17.2 Å². The number of hydrogen-bond acceptors (Lipinski definition) is 2. The number of rotatable bonds is 4. The van der Waals surface area contributed by atoms with Crippen LogP contribution in [0.5, 0.6) is 0 Å². The summed E-state index contributed by atoms with van der Waals surface area (Å²) in [5.74, 6) is -0.500. The van der Waals surface area contributed by atoms with E-state index in [1.54, 1.807) is 24.3 Å². The standard InChI is InChI=1S/C17H16F3N3OS/c1-2-21-16(25)23-13-8-6-11(7-9-13)15(24)22-14-5-3-4-12(10-14)17(18,19)20/h3-10H,2H2,1H3,(H,22,24)(H2,21,23,25). The minimum absolute atomic E-state index is 0.0790. The normalized spacial score (nSPS) is 10.9. The maximum absolute atomic E-state index is 12.7. The minimum Gasteiger partial charge on any atom is -0.363 e. The lowest BCUT2D eigenvalue weighted by atomic mass is 10.1. The molecule has 0 unspecified atom stereocenters. The van der Waals surface area contributed by atoms with Crippen molar-refractivity contribution in [1.82, 2.24) is 5.32 Å². The largest absolute Gasteiger partial charge is 0.416 e. The Morgan fingerprint density at radius 3 is 2.32 bits per heavy atom. The SMILES string of the molecule is CCNC(=S)Nc1ccc(C(=O)Nc2cccc(C(F)(F)F)c2)cc1. The molecule has 0 fully saturated rings. The lowest BCUT2D eigenvalue weighted by Gasteiger charge is -2.11. The molecule has 0 atom stereocenters. The number of carbonyl (C=O) groups excluding carboxylic acids is 1. The van der Waals surface area contributed by atoms with Crippen LogP contribution < -0.4 is 16.0 Å². The Labute approximate surface area is 148 Å². The maximum atomic E-state index is 12.7. The van der Waals surface area contributed by atoms with Gasteiger partial charge in [-0.3, -0.25) is 4.79 Å². The van der Waals surface area contributed by atoms with Gasteiger partial charge in [0.05, 0.1) is 5.56 Å². The monoisotopic (exact) mass is 367 g/mol. The molecule has 0 saturated carbocycles. The summed E-state index contributed by atoms with van der Waals surface area (Å²) in [7, 11) is 0. The number of nitrogens with one attached hydrogen (secondary N) is 3. The average molecular weight is 367 g/mol. The van der Waals surface area contributed by atoms with Gasteiger partial charge in [0, 0.05) is 23.5 Å². The number of halogens is 3. The summed E-state index contributed by atoms with van der Waals surface area (Å²) < 4.78 is 38.1. The molecule has 0 saturated heterocycles. The second-order valence-electron chi connectivity index (χ2n) is 5.09. The second kappa shape index (κ2) is 7.98. The van der Waals surface area contributed by atoms with E-state index in [4.69, 9.17) is 12.2 Å². The number of amides is 1. The number of carbonyl (C=O) groups is 1. The molecule has 2 rings (SSSR count). The van der Waals surface area contributed by atoms with E-state index in [-0.39, 0.29) is 5.69 Å². The van der Waals surface area contributed by atoms with Gasteiger partial charge in [-0.1, -0.05) is 6.07 Å². The van der Waals surface area contributed by atoms with E-state index in [9.17, 15) is 18.0 Å². The Kier molecular flexibility index (Phi) is 5.97. The molecule has 0 aliphatic carbocycles. The van der Waals surface area contributed by atoms with Gasteiger partial charge in [-0.2, -0.15) is 13.2 Å². The first kappa shape index (κ1) is 18.7. The predicted molar refractivity (Wildman–Crippen MR) is 95.7 cm³/mol. The zero-order chi connectivity index (χ0) is 18.4. The van der Waals surface area contributed by atoms with Crippen molar-refractivity contribution in [2.45, 2.75) is 13.1 Å². The smallest absolute Gasteiger partial charge is 0.363 e. The molecule has 2 aromatic rings. The van der Waals surface area contributed by atoms with Gasteiger partial charge in [0.2, 0.25) is 0 Å². The van der Waals surface area contributed by atoms with Crippen molar-refractivity contribution < 1.29 is 18.0 Å². The van der Waals surface area contributed by atoms with Gasteiger partial charge in [-0.05, 0) is 61.6 Å². The Morgan fingerprint density at radius 1 is 1.04 bits per heavy atom. The van der Waals surface area contributed by atoms with Gasteiger partial charge in [0.1, 0.15) is 0 Å². The number of alkyl halides is 3. The first-order chi connectivity index (χ1) is 11.8. The summed E-state index contributed by atoms with van der Waals surface area (Å²) in [6.45, 7) is 2.60. The van der Waals surface area contributed by atoms with E-state index in [1.807, 2.05) is 6.92 Å². The number of anilines is 2. The molecule has 0 aliphatic rings. The fourth-order valence-corrected chi connectivity index (χ4v) is 2.28. The highest BCUT2D eigenvalue weighted by Gasteiger charge is 2.30. The Morgan fingerprint density at radius 2 is 1.72 bits per heavy atom. The van der Waals surface area contributed by atoms with Crippen molar-refractivity contribution >= 4 is 34.6 Å². The molecule has 3 N–H and O–H groups in total. The molecule has 0 spiro atoms. The van der Waals surface area contributed by atoms with Crippen LogP contribution in [0, 0.1) is 0 Å². The molecule has 0 bridgehead atoms. The van der Waals surface area contributed by atoms with Gasteiger partial charge in [-0.15, -0.1) is 0 Å². The fraction of sp³-hybridized carbons (Fsp3) is 0.176. The van der Waals surface area contributed by atoms with Gasteiger partial charge < -0.3 is 16.0 Å².